The summed E-state index contributed by atoms with van der Waals surface area (Å²) in [6, 6.07) is 10.1. The van der Waals surface area contributed by atoms with Crippen molar-refractivity contribution in [2.24, 2.45) is 17.8 Å². The molecule has 1 atom stereocenters. The molecule has 182 valence electrons. The predicted molar refractivity (Wildman–Crippen MR) is 122 cm³/mol. The van der Waals surface area contributed by atoms with Crippen molar-refractivity contribution < 1.29 is 33.7 Å². The van der Waals surface area contributed by atoms with Crippen LogP contribution in [0.3, 0.4) is 0 Å². The third-order valence-electron chi connectivity index (χ3n) is 6.73. The van der Waals surface area contributed by atoms with Gasteiger partial charge in [-0.1, -0.05) is 12.1 Å². The van der Waals surface area contributed by atoms with E-state index in [1.54, 1.807) is 30.0 Å². The minimum absolute atomic E-state index is 0.00529. The molecule has 1 amide bonds. The van der Waals surface area contributed by atoms with Gasteiger partial charge >= 0.3 is 5.97 Å². The van der Waals surface area contributed by atoms with Gasteiger partial charge in [-0.3, -0.25) is 9.59 Å². The van der Waals surface area contributed by atoms with Crippen LogP contribution in [-0.4, -0.2) is 46.7 Å². The Morgan fingerprint density at radius 3 is 2.50 bits per heavy atom. The van der Waals surface area contributed by atoms with Crippen LogP contribution in [0.2, 0.25) is 0 Å². The van der Waals surface area contributed by atoms with E-state index in [4.69, 9.17) is 14.6 Å². The van der Waals surface area contributed by atoms with Gasteiger partial charge in [0.2, 0.25) is 0 Å². The van der Waals surface area contributed by atoms with Crippen LogP contribution in [0.15, 0.2) is 36.4 Å². The normalized spacial score (nSPS) is 20.6. The number of ether oxygens (including phenoxy) is 2. The molecule has 0 spiro atoms. The molecule has 34 heavy (non-hydrogen) atoms. The largest absolute Gasteiger partial charge is 0.505 e. The lowest BCUT2D eigenvalue weighted by Crippen LogP contribution is -2.32. The Hall–Kier alpha value is -3.29. The molecule has 8 heteroatoms. The molecule has 7 nitrogen and oxygen atoms in total. The zero-order valence-corrected chi connectivity index (χ0v) is 19.2. The van der Waals surface area contributed by atoms with Crippen LogP contribution in [0.25, 0.3) is 0 Å². The zero-order chi connectivity index (χ0) is 24.2. The molecule has 4 rings (SSSR count). The van der Waals surface area contributed by atoms with Gasteiger partial charge in [0.05, 0.1) is 18.1 Å². The second kappa shape index (κ2) is 10.3. The molecular formula is C26H30FNO6. The Kier molecular flexibility index (Phi) is 7.24. The molecule has 1 aliphatic heterocycles. The summed E-state index contributed by atoms with van der Waals surface area (Å²) in [6.45, 7) is 3.26. The number of amides is 1. The third-order valence-corrected chi connectivity index (χ3v) is 6.73. The van der Waals surface area contributed by atoms with E-state index in [1.807, 2.05) is 12.1 Å². The fourth-order valence-electron chi connectivity index (χ4n) is 4.60. The van der Waals surface area contributed by atoms with Crippen molar-refractivity contribution >= 4 is 11.9 Å². The number of nitrogens with zero attached hydrogens (tertiary/aromatic N) is 1. The van der Waals surface area contributed by atoms with E-state index in [9.17, 15) is 19.1 Å². The van der Waals surface area contributed by atoms with Gasteiger partial charge in [-0.15, -0.1) is 0 Å². The second-order valence-electron chi connectivity index (χ2n) is 9.34. The number of hydrogen-bond acceptors (Lipinski definition) is 5. The Bertz CT molecular complexity index is 1050. The molecule has 0 radical (unpaired) electrons. The maximum atomic E-state index is 14.2. The number of carboxylic acid groups (broad SMARTS) is 1. The first-order chi connectivity index (χ1) is 16.3. The van der Waals surface area contributed by atoms with Crippen LogP contribution in [0.4, 0.5) is 4.39 Å². The lowest BCUT2D eigenvalue weighted by molar-refractivity contribution is -0.142. The van der Waals surface area contributed by atoms with E-state index in [2.05, 4.69) is 0 Å². The van der Waals surface area contributed by atoms with Crippen molar-refractivity contribution in [1.29, 1.82) is 0 Å². The highest BCUT2D eigenvalue weighted by atomic mass is 19.1. The summed E-state index contributed by atoms with van der Waals surface area (Å²) < 4.78 is 25.7. The minimum Gasteiger partial charge on any atom is -0.505 e. The molecule has 2 aromatic rings. The van der Waals surface area contributed by atoms with Crippen LogP contribution in [0.5, 0.6) is 17.2 Å². The van der Waals surface area contributed by atoms with Gasteiger partial charge in [0, 0.05) is 19.2 Å². The van der Waals surface area contributed by atoms with Gasteiger partial charge in [0.25, 0.3) is 5.91 Å². The topological polar surface area (TPSA) is 96.3 Å². The molecule has 0 unspecified atom stereocenters. The molecule has 2 aliphatic rings. The van der Waals surface area contributed by atoms with Gasteiger partial charge in [-0.05, 0) is 68.2 Å². The van der Waals surface area contributed by atoms with E-state index in [0.717, 1.165) is 25.7 Å². The van der Waals surface area contributed by atoms with Crippen molar-refractivity contribution in [1.82, 2.24) is 4.90 Å². The van der Waals surface area contributed by atoms with Gasteiger partial charge in [-0.2, -0.15) is 0 Å². The number of carbonyl (C=O) groups is 2. The summed E-state index contributed by atoms with van der Waals surface area (Å²) in [5, 5.41) is 18.5. The maximum absolute atomic E-state index is 14.2. The summed E-state index contributed by atoms with van der Waals surface area (Å²) >= 11 is 0. The van der Waals surface area contributed by atoms with Crippen molar-refractivity contribution in [3.63, 3.8) is 0 Å². The fraction of sp³-hybridized carbons (Fsp3) is 0.462. The van der Waals surface area contributed by atoms with E-state index >= 15 is 0 Å². The maximum Gasteiger partial charge on any atom is 0.309 e. The Labute approximate surface area is 198 Å². The van der Waals surface area contributed by atoms with Gasteiger partial charge < -0.3 is 24.6 Å². The molecule has 2 aromatic carbocycles. The first kappa shape index (κ1) is 23.9. The van der Waals surface area contributed by atoms with Gasteiger partial charge in [0.15, 0.2) is 11.6 Å². The first-order valence-electron chi connectivity index (χ1n) is 11.7. The number of phenols is 1. The van der Waals surface area contributed by atoms with Crippen molar-refractivity contribution in [2.45, 2.75) is 39.2 Å². The number of carboxylic acids is 1. The Balaban J connectivity index is 1.22. The number of hydrogen-bond donors (Lipinski definition) is 2. The number of rotatable bonds is 9. The quantitative estimate of drug-likeness (QED) is 0.560. The predicted octanol–water partition coefficient (Wildman–Crippen LogP) is 4.47. The first-order valence-corrected chi connectivity index (χ1v) is 11.7. The minimum atomic E-state index is -0.895. The van der Waals surface area contributed by atoms with Crippen molar-refractivity contribution in [3.05, 3.63) is 53.3 Å². The average Bonchev–Trinajstić information content (AvgIpc) is 3.15. The molecule has 0 saturated heterocycles. The lowest BCUT2D eigenvalue weighted by Gasteiger charge is -2.31. The monoisotopic (exact) mass is 471 g/mol. The van der Waals surface area contributed by atoms with Crippen LogP contribution in [-0.2, 0) is 11.3 Å². The number of benzene rings is 2. The van der Waals surface area contributed by atoms with Crippen molar-refractivity contribution in [3.8, 4) is 17.2 Å². The summed E-state index contributed by atoms with van der Waals surface area (Å²) in [4.78, 5) is 25.2. The molecule has 1 fully saturated rings. The molecule has 1 saturated carbocycles. The summed E-state index contributed by atoms with van der Waals surface area (Å²) in [7, 11) is 0. The van der Waals surface area contributed by atoms with Gasteiger partial charge in [0.1, 0.15) is 18.1 Å². The smallest absolute Gasteiger partial charge is 0.309 e. The van der Waals surface area contributed by atoms with Crippen LogP contribution in [0.1, 0.15) is 48.5 Å². The van der Waals surface area contributed by atoms with Crippen LogP contribution < -0.4 is 9.47 Å². The summed E-state index contributed by atoms with van der Waals surface area (Å²) in [6.07, 6.45) is 3.92. The van der Waals surface area contributed by atoms with Crippen LogP contribution >= 0.6 is 0 Å². The number of phenolic OH excluding ortho intramolecular Hbond substituents is 1. The molecular weight excluding hydrogens is 441 g/mol. The molecule has 0 aromatic heterocycles. The number of carbonyl (C=O) groups excluding carboxylic acids is 1. The number of aliphatic carboxylic acids is 1. The SMILES string of the molecule is C[C@@H](COc1cccc(OCC2CCC(CN3Cc4ccc(O)c(F)c4C3=O)CC2)c1)C(=O)O. The van der Waals surface area contributed by atoms with E-state index in [-0.39, 0.29) is 18.1 Å². The standard InChI is InChI=1S/C26H30FNO6/c1-16(26(31)32)14-33-20-3-2-4-21(11-20)34-15-18-7-5-17(6-8-18)12-28-13-19-9-10-22(29)24(27)23(19)25(28)30/h2-4,9-11,16-18,29H,5-8,12-15H2,1H3,(H,31,32)/t16-,17?,18?/m0/s1. The third kappa shape index (κ3) is 5.43. The van der Waals surface area contributed by atoms with E-state index in [1.165, 1.54) is 6.07 Å². The molecule has 2 N–H and O–H groups in total. The van der Waals surface area contributed by atoms with E-state index < -0.39 is 23.5 Å². The van der Waals surface area contributed by atoms with Crippen molar-refractivity contribution in [2.75, 3.05) is 19.8 Å². The Morgan fingerprint density at radius 2 is 1.79 bits per heavy atom. The number of aromatic hydroxyl groups is 1. The Morgan fingerprint density at radius 1 is 1.12 bits per heavy atom. The summed E-state index contributed by atoms with van der Waals surface area (Å²) in [5.41, 5.74) is 0.636. The van der Waals surface area contributed by atoms with Crippen LogP contribution in [0, 0.1) is 23.6 Å². The number of fused-ring (bicyclic) bond motifs is 1. The fourth-order valence-corrected chi connectivity index (χ4v) is 4.60. The average molecular weight is 472 g/mol. The zero-order valence-electron chi connectivity index (χ0n) is 19.2. The second-order valence-corrected chi connectivity index (χ2v) is 9.34. The highest BCUT2D eigenvalue weighted by Crippen LogP contribution is 2.34. The molecule has 1 aliphatic carbocycles. The van der Waals surface area contributed by atoms with E-state index in [0.29, 0.717) is 48.6 Å². The lowest BCUT2D eigenvalue weighted by atomic mass is 9.82. The summed E-state index contributed by atoms with van der Waals surface area (Å²) in [5.74, 6) is -1.09. The molecule has 1 heterocycles. The number of halogens is 1. The van der Waals surface area contributed by atoms with Gasteiger partial charge in [-0.25, -0.2) is 4.39 Å². The molecule has 0 bridgehead atoms. The highest BCUT2D eigenvalue weighted by molar-refractivity contribution is 5.99. The highest BCUT2D eigenvalue weighted by Gasteiger charge is 2.34.